The quantitative estimate of drug-likeness (QED) is 0.709. The number of piperidine rings is 1. The molecule has 0 aromatic heterocycles. The standard InChI is InChI=1S/C21H22BrN3O2S/c22-17-8-6-16(7-9-17)19(26)25-14-15-28-21(25)10-12-24(13-11-21)20(27)23-18-4-2-1-3-5-18/h1-9H,10-15H2,(H,23,27). The van der Waals surface area contributed by atoms with E-state index in [1.807, 2.05) is 76.2 Å². The van der Waals surface area contributed by atoms with Crippen LogP contribution in [0.3, 0.4) is 0 Å². The van der Waals surface area contributed by atoms with Crippen molar-refractivity contribution in [1.82, 2.24) is 9.80 Å². The van der Waals surface area contributed by atoms with Gasteiger partial charge in [-0.1, -0.05) is 34.1 Å². The first-order chi connectivity index (χ1) is 13.6. The van der Waals surface area contributed by atoms with E-state index in [9.17, 15) is 9.59 Å². The molecule has 0 aliphatic carbocycles. The third kappa shape index (κ3) is 3.91. The van der Waals surface area contributed by atoms with E-state index < -0.39 is 0 Å². The highest BCUT2D eigenvalue weighted by Gasteiger charge is 2.47. The number of nitrogens with one attached hydrogen (secondary N) is 1. The molecule has 0 bridgehead atoms. The highest BCUT2D eigenvalue weighted by atomic mass is 79.9. The second-order valence-corrected chi connectivity index (χ2v) is 9.41. The van der Waals surface area contributed by atoms with Crippen LogP contribution in [0.25, 0.3) is 0 Å². The summed E-state index contributed by atoms with van der Waals surface area (Å²) in [5, 5.41) is 2.95. The van der Waals surface area contributed by atoms with Gasteiger partial charge in [-0.05, 0) is 49.2 Å². The number of carbonyl (C=O) groups is 2. The maximum atomic E-state index is 13.1. The predicted octanol–water partition coefficient (Wildman–Crippen LogP) is 4.66. The summed E-state index contributed by atoms with van der Waals surface area (Å²) < 4.78 is 0.965. The van der Waals surface area contributed by atoms with Crippen molar-refractivity contribution in [2.45, 2.75) is 17.7 Å². The van der Waals surface area contributed by atoms with E-state index in [1.165, 1.54) is 0 Å². The van der Waals surface area contributed by atoms with Gasteiger partial charge < -0.3 is 15.1 Å². The van der Waals surface area contributed by atoms with Gasteiger partial charge >= 0.3 is 6.03 Å². The van der Waals surface area contributed by atoms with E-state index in [1.54, 1.807) is 0 Å². The monoisotopic (exact) mass is 459 g/mol. The Balaban J connectivity index is 1.41. The Bertz CT molecular complexity index is 852. The molecule has 5 nitrogen and oxygen atoms in total. The molecule has 0 atom stereocenters. The zero-order valence-corrected chi connectivity index (χ0v) is 17.8. The second kappa shape index (κ2) is 8.17. The summed E-state index contributed by atoms with van der Waals surface area (Å²) >= 11 is 5.27. The number of hydrogen-bond donors (Lipinski definition) is 1. The maximum absolute atomic E-state index is 13.1. The molecule has 2 saturated heterocycles. The number of likely N-dealkylation sites (tertiary alicyclic amines) is 1. The van der Waals surface area contributed by atoms with E-state index in [2.05, 4.69) is 21.2 Å². The second-order valence-electron chi connectivity index (χ2n) is 7.04. The zero-order chi connectivity index (χ0) is 19.6. The number of anilines is 1. The van der Waals surface area contributed by atoms with Crippen molar-refractivity contribution in [2.75, 3.05) is 30.7 Å². The van der Waals surface area contributed by atoms with E-state index in [-0.39, 0.29) is 16.8 Å². The lowest BCUT2D eigenvalue weighted by Gasteiger charge is -2.44. The Morgan fingerprint density at radius 1 is 0.964 bits per heavy atom. The van der Waals surface area contributed by atoms with E-state index in [4.69, 9.17) is 0 Å². The molecule has 2 aliphatic heterocycles. The normalized spacial score (nSPS) is 18.3. The number of halogens is 1. The van der Waals surface area contributed by atoms with E-state index >= 15 is 0 Å². The van der Waals surface area contributed by atoms with Crippen molar-refractivity contribution in [3.63, 3.8) is 0 Å². The predicted molar refractivity (Wildman–Crippen MR) is 117 cm³/mol. The van der Waals surface area contributed by atoms with Gasteiger partial charge in [-0.3, -0.25) is 4.79 Å². The molecule has 2 aromatic carbocycles. The fraction of sp³-hybridized carbons (Fsp3) is 0.333. The summed E-state index contributed by atoms with van der Waals surface area (Å²) in [5.74, 6) is 1.03. The SMILES string of the molecule is O=C(Nc1ccccc1)N1CCC2(CC1)SCCN2C(=O)c1ccc(Br)cc1. The van der Waals surface area contributed by atoms with Crippen molar-refractivity contribution in [3.05, 3.63) is 64.6 Å². The minimum Gasteiger partial charge on any atom is -0.324 e. The first-order valence-corrected chi connectivity index (χ1v) is 11.2. The minimum absolute atomic E-state index is 0.0742. The van der Waals surface area contributed by atoms with Crippen LogP contribution in [0.1, 0.15) is 23.2 Å². The van der Waals surface area contributed by atoms with Gasteiger partial charge in [-0.2, -0.15) is 0 Å². The highest BCUT2D eigenvalue weighted by Crippen LogP contribution is 2.44. The molecule has 4 rings (SSSR count). The first kappa shape index (κ1) is 19.3. The Morgan fingerprint density at radius 2 is 1.64 bits per heavy atom. The van der Waals surface area contributed by atoms with Gasteiger partial charge in [-0.15, -0.1) is 11.8 Å². The summed E-state index contributed by atoms with van der Waals surface area (Å²) in [6, 6.07) is 17.0. The number of nitrogens with zero attached hydrogens (tertiary/aromatic N) is 2. The Hall–Kier alpha value is -1.99. The van der Waals surface area contributed by atoms with Gasteiger partial charge in [-0.25, -0.2) is 4.79 Å². The van der Waals surface area contributed by atoms with Crippen LogP contribution in [-0.4, -0.2) is 52.0 Å². The molecule has 0 unspecified atom stereocenters. The van der Waals surface area contributed by atoms with Crippen molar-refractivity contribution < 1.29 is 9.59 Å². The van der Waals surface area contributed by atoms with Crippen LogP contribution >= 0.6 is 27.7 Å². The number of rotatable bonds is 2. The number of urea groups is 1. The number of carbonyl (C=O) groups excluding carboxylic acids is 2. The number of thioether (sulfide) groups is 1. The molecule has 28 heavy (non-hydrogen) atoms. The smallest absolute Gasteiger partial charge is 0.321 e. The fourth-order valence-corrected chi connectivity index (χ4v) is 5.56. The van der Waals surface area contributed by atoms with Crippen LogP contribution in [0, 0.1) is 0 Å². The van der Waals surface area contributed by atoms with Crippen LogP contribution in [0.5, 0.6) is 0 Å². The highest BCUT2D eigenvalue weighted by molar-refractivity contribution is 9.10. The number of amides is 3. The molecular formula is C21H22BrN3O2S. The topological polar surface area (TPSA) is 52.7 Å². The molecule has 3 amide bonds. The van der Waals surface area contributed by atoms with E-state index in [0.717, 1.165) is 35.3 Å². The lowest BCUT2D eigenvalue weighted by atomic mass is 10.0. The van der Waals surface area contributed by atoms with E-state index in [0.29, 0.717) is 18.7 Å². The van der Waals surface area contributed by atoms with Gasteiger partial charge in [0.2, 0.25) is 0 Å². The fourth-order valence-electron chi connectivity index (χ4n) is 3.84. The summed E-state index contributed by atoms with van der Waals surface area (Å²) in [7, 11) is 0. The zero-order valence-electron chi connectivity index (χ0n) is 15.4. The molecular weight excluding hydrogens is 438 g/mol. The van der Waals surface area contributed by atoms with Crippen molar-refractivity contribution in [1.29, 1.82) is 0 Å². The third-order valence-electron chi connectivity index (χ3n) is 5.37. The molecule has 2 heterocycles. The van der Waals surface area contributed by atoms with Crippen LogP contribution in [0.15, 0.2) is 59.1 Å². The maximum Gasteiger partial charge on any atom is 0.321 e. The van der Waals surface area contributed by atoms with Gasteiger partial charge in [0, 0.05) is 41.1 Å². The number of benzene rings is 2. The van der Waals surface area contributed by atoms with Gasteiger partial charge in [0.15, 0.2) is 0 Å². The minimum atomic E-state index is -0.201. The van der Waals surface area contributed by atoms with Crippen LogP contribution in [-0.2, 0) is 0 Å². The van der Waals surface area contributed by atoms with Crippen molar-refractivity contribution >= 4 is 45.3 Å². The summed E-state index contributed by atoms with van der Waals surface area (Å²) in [4.78, 5) is 29.3. The molecule has 2 fully saturated rings. The molecule has 7 heteroatoms. The van der Waals surface area contributed by atoms with Crippen LogP contribution < -0.4 is 5.32 Å². The van der Waals surface area contributed by atoms with Gasteiger partial charge in [0.05, 0.1) is 4.87 Å². The molecule has 0 radical (unpaired) electrons. The Labute approximate surface area is 177 Å². The molecule has 146 valence electrons. The lowest BCUT2D eigenvalue weighted by molar-refractivity contribution is 0.0585. The largest absolute Gasteiger partial charge is 0.324 e. The summed E-state index contributed by atoms with van der Waals surface area (Å²) in [6.45, 7) is 2.06. The Morgan fingerprint density at radius 3 is 2.32 bits per heavy atom. The summed E-state index contributed by atoms with van der Waals surface area (Å²) in [6.07, 6.45) is 1.59. The molecule has 2 aromatic rings. The number of para-hydroxylation sites is 1. The third-order valence-corrected chi connectivity index (χ3v) is 7.45. The van der Waals surface area contributed by atoms with Crippen molar-refractivity contribution in [2.24, 2.45) is 0 Å². The lowest BCUT2D eigenvalue weighted by Crippen LogP contribution is -2.54. The molecule has 0 saturated carbocycles. The molecule has 2 aliphatic rings. The first-order valence-electron chi connectivity index (χ1n) is 9.40. The van der Waals surface area contributed by atoms with Crippen LogP contribution in [0.2, 0.25) is 0 Å². The Kier molecular flexibility index (Phi) is 5.64. The average Bonchev–Trinajstić information content (AvgIpc) is 3.12. The molecule has 1 N–H and O–H groups in total. The van der Waals surface area contributed by atoms with Gasteiger partial charge in [0.25, 0.3) is 5.91 Å². The van der Waals surface area contributed by atoms with Gasteiger partial charge in [0.1, 0.15) is 0 Å². The van der Waals surface area contributed by atoms with Crippen LogP contribution in [0.4, 0.5) is 10.5 Å². The molecule has 1 spiro atoms. The summed E-state index contributed by atoms with van der Waals surface area (Å²) in [5.41, 5.74) is 1.52. The van der Waals surface area contributed by atoms with Crippen molar-refractivity contribution in [3.8, 4) is 0 Å². The average molecular weight is 460 g/mol. The number of hydrogen-bond acceptors (Lipinski definition) is 3.